The van der Waals surface area contributed by atoms with Gasteiger partial charge in [-0.1, -0.05) is 25.1 Å². The fourth-order valence-electron chi connectivity index (χ4n) is 3.66. The highest BCUT2D eigenvalue weighted by Gasteiger charge is 2.37. The van der Waals surface area contributed by atoms with Crippen LogP contribution in [0.4, 0.5) is 0 Å². The van der Waals surface area contributed by atoms with Crippen molar-refractivity contribution in [2.75, 3.05) is 13.1 Å². The lowest BCUT2D eigenvalue weighted by Crippen LogP contribution is -2.36. The number of aliphatic imine (C=N–C) groups is 1. The van der Waals surface area contributed by atoms with E-state index in [2.05, 4.69) is 21.9 Å². The fourth-order valence-corrected chi connectivity index (χ4v) is 5.20. The van der Waals surface area contributed by atoms with Crippen molar-refractivity contribution in [2.45, 2.75) is 19.8 Å². The summed E-state index contributed by atoms with van der Waals surface area (Å²) in [5.41, 5.74) is 0.860. The molecule has 10 heteroatoms. The molecule has 168 valence electrons. The Balaban J connectivity index is 1.31. The van der Waals surface area contributed by atoms with Crippen LogP contribution >= 0.6 is 23.1 Å². The smallest absolute Gasteiger partial charge is 0.353 e. The zero-order valence-electron chi connectivity index (χ0n) is 17.9. The van der Waals surface area contributed by atoms with Gasteiger partial charge >= 0.3 is 5.97 Å². The van der Waals surface area contributed by atoms with Gasteiger partial charge in [0.05, 0.1) is 5.57 Å². The number of amidine groups is 3. The van der Waals surface area contributed by atoms with Crippen LogP contribution in [0.3, 0.4) is 0 Å². The molecule has 3 aliphatic heterocycles. The molecule has 1 aromatic carbocycles. The van der Waals surface area contributed by atoms with Crippen LogP contribution in [0.15, 0.2) is 57.4 Å². The number of rotatable bonds is 3. The van der Waals surface area contributed by atoms with Gasteiger partial charge in [-0.15, -0.1) is 16.4 Å². The standard InChI is InChI=1S/C23H21N5O3S2/c1-14-8-10-27(11-9-14)23-26-28-19(24)17(20(29)25-22(28)33-23)13-15-4-6-16(7-5-15)31-21(30)18-3-2-12-32-18/h2-7,12-14,24H,8-11H2,1H3/b17-13-,24-19?. The summed E-state index contributed by atoms with van der Waals surface area (Å²) in [4.78, 5) is 31.6. The Kier molecular flexibility index (Phi) is 5.86. The number of amides is 1. The van der Waals surface area contributed by atoms with E-state index in [0.29, 0.717) is 27.3 Å². The molecule has 8 nitrogen and oxygen atoms in total. The van der Waals surface area contributed by atoms with Crippen LogP contribution in [0, 0.1) is 11.3 Å². The van der Waals surface area contributed by atoms with Crippen LogP contribution in [-0.2, 0) is 4.79 Å². The third-order valence-corrected chi connectivity index (χ3v) is 7.44. The summed E-state index contributed by atoms with van der Waals surface area (Å²) in [6.45, 7) is 4.09. The lowest BCUT2D eigenvalue weighted by atomic mass is 10.00. The molecule has 1 saturated heterocycles. The molecule has 1 aromatic heterocycles. The second-order valence-corrected chi connectivity index (χ2v) is 9.89. The number of piperidine rings is 1. The van der Waals surface area contributed by atoms with Crippen LogP contribution in [0.1, 0.15) is 35.0 Å². The molecule has 1 N–H and O–H groups in total. The fraction of sp³-hybridized carbons (Fsp3) is 0.261. The molecule has 0 unspecified atom stereocenters. The predicted octanol–water partition coefficient (Wildman–Crippen LogP) is 4.28. The topological polar surface area (TPSA) is 98.4 Å². The SMILES string of the molecule is CC1CCN(C2=NN3C(=N)/C(=C/c4ccc(OC(=O)c5cccs5)cc4)C(=O)N=C3S2)CC1. The average Bonchev–Trinajstić information content (AvgIpc) is 3.49. The van der Waals surface area contributed by atoms with Gasteiger partial charge in [0.25, 0.3) is 5.91 Å². The van der Waals surface area contributed by atoms with E-state index >= 15 is 0 Å². The lowest BCUT2D eigenvalue weighted by Gasteiger charge is -2.30. The molecule has 0 aliphatic carbocycles. The highest BCUT2D eigenvalue weighted by molar-refractivity contribution is 8.26. The van der Waals surface area contributed by atoms with Crippen molar-refractivity contribution in [1.29, 1.82) is 5.41 Å². The number of hydrogen-bond acceptors (Lipinski definition) is 8. The van der Waals surface area contributed by atoms with Gasteiger partial charge in [-0.25, -0.2) is 4.79 Å². The van der Waals surface area contributed by atoms with Gasteiger partial charge in [0.1, 0.15) is 10.6 Å². The monoisotopic (exact) mass is 479 g/mol. The van der Waals surface area contributed by atoms with E-state index in [1.54, 1.807) is 42.5 Å². The quantitative estimate of drug-likeness (QED) is 0.401. The van der Waals surface area contributed by atoms with E-state index in [1.807, 2.05) is 5.38 Å². The number of likely N-dealkylation sites (tertiary alicyclic amines) is 1. The first-order chi connectivity index (χ1) is 16.0. The zero-order valence-corrected chi connectivity index (χ0v) is 19.5. The first-order valence-corrected chi connectivity index (χ1v) is 12.3. The second kappa shape index (κ2) is 8.95. The van der Waals surface area contributed by atoms with E-state index in [1.165, 1.54) is 28.1 Å². The summed E-state index contributed by atoms with van der Waals surface area (Å²) in [5.74, 6) is 0.238. The van der Waals surface area contributed by atoms with Crippen molar-refractivity contribution >= 4 is 57.2 Å². The van der Waals surface area contributed by atoms with Crippen molar-refractivity contribution in [3.05, 3.63) is 57.8 Å². The summed E-state index contributed by atoms with van der Waals surface area (Å²) in [5, 5.41) is 17.6. The highest BCUT2D eigenvalue weighted by Crippen LogP contribution is 2.31. The molecule has 5 rings (SSSR count). The number of hydrogen-bond donors (Lipinski definition) is 1. The number of nitrogens with one attached hydrogen (secondary N) is 1. The Bertz CT molecular complexity index is 1190. The number of thioether (sulfide) groups is 1. The van der Waals surface area contributed by atoms with E-state index in [4.69, 9.17) is 10.1 Å². The number of hydrazone groups is 1. The van der Waals surface area contributed by atoms with Crippen molar-refractivity contribution in [1.82, 2.24) is 9.91 Å². The van der Waals surface area contributed by atoms with Gasteiger partial charge in [0, 0.05) is 13.1 Å². The van der Waals surface area contributed by atoms with Crippen molar-refractivity contribution < 1.29 is 14.3 Å². The Hall–Kier alpha value is -3.24. The first kappa shape index (κ1) is 21.6. The molecule has 1 fully saturated rings. The Morgan fingerprint density at radius 2 is 1.94 bits per heavy atom. The molecule has 2 aromatic rings. The largest absolute Gasteiger partial charge is 0.422 e. The maximum Gasteiger partial charge on any atom is 0.353 e. The maximum absolute atomic E-state index is 12.7. The number of fused-ring (bicyclic) bond motifs is 1. The number of carbonyl (C=O) groups excluding carboxylic acids is 2. The van der Waals surface area contributed by atoms with Gasteiger partial charge < -0.3 is 9.64 Å². The van der Waals surface area contributed by atoms with Crippen LogP contribution in [0.5, 0.6) is 5.75 Å². The van der Waals surface area contributed by atoms with Crippen LogP contribution in [0.25, 0.3) is 6.08 Å². The van der Waals surface area contributed by atoms with Gasteiger partial charge in [0.2, 0.25) is 5.17 Å². The molecule has 33 heavy (non-hydrogen) atoms. The normalized spacial score (nSPS) is 20.1. The minimum atomic E-state index is -0.462. The summed E-state index contributed by atoms with van der Waals surface area (Å²) >= 11 is 2.66. The van der Waals surface area contributed by atoms with E-state index < -0.39 is 11.9 Å². The van der Waals surface area contributed by atoms with Gasteiger partial charge in [-0.2, -0.15) is 10.0 Å². The molecule has 4 heterocycles. The molecular formula is C23H21N5O3S2. The van der Waals surface area contributed by atoms with Crippen molar-refractivity contribution in [3.63, 3.8) is 0 Å². The molecule has 0 saturated carbocycles. The Labute approximate surface area is 199 Å². The number of benzene rings is 1. The second-order valence-electron chi connectivity index (χ2n) is 8.01. The van der Waals surface area contributed by atoms with Crippen LogP contribution < -0.4 is 4.74 Å². The van der Waals surface area contributed by atoms with Gasteiger partial charge in [0.15, 0.2) is 11.0 Å². The van der Waals surface area contributed by atoms with Crippen LogP contribution in [0.2, 0.25) is 0 Å². The molecule has 0 spiro atoms. The highest BCUT2D eigenvalue weighted by atomic mass is 32.2. The third-order valence-electron chi connectivity index (χ3n) is 5.62. The summed E-state index contributed by atoms with van der Waals surface area (Å²) in [6.07, 6.45) is 3.81. The van der Waals surface area contributed by atoms with E-state index in [0.717, 1.165) is 31.1 Å². The molecule has 3 aliphatic rings. The number of nitrogens with zero attached hydrogens (tertiary/aromatic N) is 4. The maximum atomic E-state index is 12.7. The molecule has 0 atom stereocenters. The molecule has 0 radical (unpaired) electrons. The number of ether oxygens (including phenoxy) is 1. The minimum Gasteiger partial charge on any atom is -0.422 e. The summed E-state index contributed by atoms with van der Waals surface area (Å²) < 4.78 is 5.37. The van der Waals surface area contributed by atoms with Gasteiger partial charge in [-0.3, -0.25) is 10.2 Å². The predicted molar refractivity (Wildman–Crippen MR) is 131 cm³/mol. The number of carbonyl (C=O) groups is 2. The average molecular weight is 480 g/mol. The summed E-state index contributed by atoms with van der Waals surface area (Å²) in [7, 11) is 0. The zero-order chi connectivity index (χ0) is 22.9. The van der Waals surface area contributed by atoms with Crippen molar-refractivity contribution in [2.24, 2.45) is 16.0 Å². The Morgan fingerprint density at radius 3 is 2.64 bits per heavy atom. The van der Waals surface area contributed by atoms with Crippen LogP contribution in [-0.4, -0.2) is 51.0 Å². The first-order valence-electron chi connectivity index (χ1n) is 10.6. The summed E-state index contributed by atoms with van der Waals surface area (Å²) in [6, 6.07) is 10.3. The minimum absolute atomic E-state index is 0.00563. The lowest BCUT2D eigenvalue weighted by molar-refractivity contribution is -0.114. The van der Waals surface area contributed by atoms with Crippen molar-refractivity contribution in [3.8, 4) is 5.75 Å². The molecule has 0 bridgehead atoms. The van der Waals surface area contributed by atoms with Gasteiger partial charge in [-0.05, 0) is 65.7 Å². The van der Waals surface area contributed by atoms with E-state index in [9.17, 15) is 9.59 Å². The molecular weight excluding hydrogens is 458 g/mol. The molecule has 1 amide bonds. The number of esters is 1. The van der Waals surface area contributed by atoms with E-state index in [-0.39, 0.29) is 11.4 Å². The third kappa shape index (κ3) is 4.49. The number of thiophene rings is 1. The Morgan fingerprint density at radius 1 is 1.18 bits per heavy atom.